The Morgan fingerprint density at radius 2 is 2.23 bits per heavy atom. The fourth-order valence-electron chi connectivity index (χ4n) is 2.93. The van der Waals surface area contributed by atoms with E-state index in [1.54, 1.807) is 11.9 Å². The summed E-state index contributed by atoms with van der Waals surface area (Å²) < 4.78 is 13.0. The van der Waals surface area contributed by atoms with Crippen LogP contribution in [0.1, 0.15) is 37.4 Å². The van der Waals surface area contributed by atoms with E-state index in [1.807, 2.05) is 11.6 Å². The van der Waals surface area contributed by atoms with Crippen LogP contribution in [0, 0.1) is 0 Å². The Morgan fingerprint density at radius 3 is 3.00 bits per heavy atom. The summed E-state index contributed by atoms with van der Waals surface area (Å²) in [5, 5.41) is 11.5. The minimum absolute atomic E-state index is 0.0940. The van der Waals surface area contributed by atoms with E-state index in [4.69, 9.17) is 9.26 Å². The molecule has 2 amide bonds. The SMILES string of the molecule is CCCNC(=O)N(C)CCc1noc(-c2nn(CC)c3c2COCC3)n1. The first kappa shape index (κ1) is 18.4. The topological polar surface area (TPSA) is 98.3 Å². The van der Waals surface area contributed by atoms with Gasteiger partial charge in [0.05, 0.1) is 13.2 Å². The number of likely N-dealkylation sites (N-methyl/N-ethyl adjacent to an activating group) is 1. The summed E-state index contributed by atoms with van der Waals surface area (Å²) in [5.41, 5.74) is 2.92. The summed E-state index contributed by atoms with van der Waals surface area (Å²) in [7, 11) is 1.75. The van der Waals surface area contributed by atoms with E-state index < -0.39 is 0 Å². The predicted molar refractivity (Wildman–Crippen MR) is 94.6 cm³/mol. The average Bonchev–Trinajstić information content (AvgIpc) is 3.28. The molecular formula is C17H26N6O3. The third kappa shape index (κ3) is 3.87. The number of rotatable bonds is 7. The molecule has 0 saturated carbocycles. The van der Waals surface area contributed by atoms with Crippen LogP contribution in [0.2, 0.25) is 0 Å². The number of nitrogens with zero attached hydrogens (tertiary/aromatic N) is 5. The third-order valence-corrected chi connectivity index (χ3v) is 4.41. The van der Waals surface area contributed by atoms with E-state index in [1.165, 1.54) is 5.69 Å². The Hall–Kier alpha value is -2.42. The molecular weight excluding hydrogens is 336 g/mol. The van der Waals surface area contributed by atoms with Crippen LogP contribution in [0.4, 0.5) is 4.79 Å². The highest BCUT2D eigenvalue weighted by Gasteiger charge is 2.25. The van der Waals surface area contributed by atoms with Gasteiger partial charge in [-0.3, -0.25) is 4.68 Å². The Morgan fingerprint density at radius 1 is 1.38 bits per heavy atom. The van der Waals surface area contributed by atoms with Crippen molar-refractivity contribution in [2.45, 2.75) is 46.3 Å². The lowest BCUT2D eigenvalue weighted by atomic mass is 10.1. The van der Waals surface area contributed by atoms with Crippen molar-refractivity contribution in [3.8, 4) is 11.6 Å². The first-order valence-electron chi connectivity index (χ1n) is 9.12. The Balaban J connectivity index is 1.67. The molecule has 26 heavy (non-hydrogen) atoms. The Labute approximate surface area is 152 Å². The van der Waals surface area contributed by atoms with Gasteiger partial charge in [-0.15, -0.1) is 0 Å². The summed E-state index contributed by atoms with van der Waals surface area (Å²) in [6.45, 7) is 7.28. The van der Waals surface area contributed by atoms with Crippen LogP contribution in [0.3, 0.4) is 0 Å². The maximum absolute atomic E-state index is 11.9. The van der Waals surface area contributed by atoms with Crippen LogP contribution in [-0.4, -0.2) is 57.6 Å². The lowest BCUT2D eigenvalue weighted by molar-refractivity contribution is 0.109. The molecule has 0 fully saturated rings. The number of fused-ring (bicyclic) bond motifs is 1. The van der Waals surface area contributed by atoms with Crippen LogP contribution in [-0.2, 0) is 30.7 Å². The zero-order chi connectivity index (χ0) is 18.5. The molecule has 2 aromatic heterocycles. The maximum atomic E-state index is 11.9. The zero-order valence-electron chi connectivity index (χ0n) is 15.6. The largest absolute Gasteiger partial charge is 0.376 e. The summed E-state index contributed by atoms with van der Waals surface area (Å²) in [5.74, 6) is 0.971. The van der Waals surface area contributed by atoms with Crippen molar-refractivity contribution in [3.05, 3.63) is 17.1 Å². The van der Waals surface area contributed by atoms with Crippen molar-refractivity contribution < 1.29 is 14.1 Å². The van der Waals surface area contributed by atoms with Gasteiger partial charge in [0.25, 0.3) is 5.89 Å². The standard InChI is InChI=1S/C17H26N6O3/c1-4-8-18-17(24)22(3)9-6-14-19-16(26-21-14)15-12-11-25-10-7-13(12)23(5-2)20-15/h4-11H2,1-3H3,(H,18,24). The molecule has 9 nitrogen and oxygen atoms in total. The Kier molecular flexibility index (Phi) is 5.87. The number of amides is 2. The summed E-state index contributed by atoms with van der Waals surface area (Å²) in [6, 6.07) is -0.0940. The van der Waals surface area contributed by atoms with Gasteiger partial charge in [0, 0.05) is 50.8 Å². The fraction of sp³-hybridized carbons (Fsp3) is 0.647. The van der Waals surface area contributed by atoms with Crippen molar-refractivity contribution in [2.75, 3.05) is 26.7 Å². The number of aromatic nitrogens is 4. The van der Waals surface area contributed by atoms with Gasteiger partial charge < -0.3 is 19.5 Å². The predicted octanol–water partition coefficient (Wildman–Crippen LogP) is 1.62. The first-order valence-corrected chi connectivity index (χ1v) is 9.12. The molecule has 0 aromatic carbocycles. The molecule has 2 aromatic rings. The molecule has 0 spiro atoms. The van der Waals surface area contributed by atoms with Crippen LogP contribution in [0.25, 0.3) is 11.6 Å². The molecule has 1 aliphatic rings. The van der Waals surface area contributed by atoms with Crippen molar-refractivity contribution in [1.82, 2.24) is 30.1 Å². The minimum atomic E-state index is -0.0940. The lowest BCUT2D eigenvalue weighted by Gasteiger charge is -2.16. The highest BCUT2D eigenvalue weighted by atomic mass is 16.5. The van der Waals surface area contributed by atoms with Gasteiger partial charge in [-0.05, 0) is 13.3 Å². The van der Waals surface area contributed by atoms with Crippen LogP contribution in [0.5, 0.6) is 0 Å². The van der Waals surface area contributed by atoms with Crippen molar-refractivity contribution in [3.63, 3.8) is 0 Å². The van der Waals surface area contributed by atoms with Crippen molar-refractivity contribution in [2.24, 2.45) is 0 Å². The molecule has 0 saturated heterocycles. The van der Waals surface area contributed by atoms with Gasteiger partial charge >= 0.3 is 6.03 Å². The van der Waals surface area contributed by atoms with Gasteiger partial charge in [0.2, 0.25) is 0 Å². The highest BCUT2D eigenvalue weighted by molar-refractivity contribution is 5.73. The first-order chi connectivity index (χ1) is 12.6. The molecule has 1 aliphatic heterocycles. The molecule has 1 N–H and O–H groups in total. The lowest BCUT2D eigenvalue weighted by Crippen LogP contribution is -2.38. The second-order valence-corrected chi connectivity index (χ2v) is 6.31. The number of hydrogen-bond acceptors (Lipinski definition) is 6. The van der Waals surface area contributed by atoms with E-state index in [0.717, 1.165) is 24.9 Å². The van der Waals surface area contributed by atoms with E-state index >= 15 is 0 Å². The normalized spacial score (nSPS) is 13.5. The van der Waals surface area contributed by atoms with Gasteiger partial charge in [-0.25, -0.2) is 4.79 Å². The molecule has 0 aliphatic carbocycles. The van der Waals surface area contributed by atoms with Crippen LogP contribution >= 0.6 is 0 Å². The molecule has 9 heteroatoms. The zero-order valence-corrected chi connectivity index (χ0v) is 15.6. The summed E-state index contributed by atoms with van der Waals surface area (Å²) >= 11 is 0. The van der Waals surface area contributed by atoms with Gasteiger partial charge in [-0.2, -0.15) is 10.1 Å². The molecule has 0 unspecified atom stereocenters. The van der Waals surface area contributed by atoms with Gasteiger partial charge in [-0.1, -0.05) is 12.1 Å². The monoisotopic (exact) mass is 362 g/mol. The number of urea groups is 1. The smallest absolute Gasteiger partial charge is 0.317 e. The highest BCUT2D eigenvalue weighted by Crippen LogP contribution is 2.28. The number of carbonyl (C=O) groups excluding carboxylic acids is 1. The van der Waals surface area contributed by atoms with E-state index in [0.29, 0.717) is 50.1 Å². The third-order valence-electron chi connectivity index (χ3n) is 4.41. The fourth-order valence-corrected chi connectivity index (χ4v) is 2.93. The number of carbonyl (C=O) groups is 1. The van der Waals surface area contributed by atoms with E-state index in [-0.39, 0.29) is 6.03 Å². The number of ether oxygens (including phenoxy) is 1. The second-order valence-electron chi connectivity index (χ2n) is 6.31. The molecule has 0 bridgehead atoms. The molecule has 142 valence electrons. The van der Waals surface area contributed by atoms with E-state index in [2.05, 4.69) is 27.5 Å². The summed E-state index contributed by atoms with van der Waals surface area (Å²) in [6.07, 6.45) is 2.27. The second kappa shape index (κ2) is 8.31. The number of aryl methyl sites for hydroxylation is 1. The average molecular weight is 362 g/mol. The molecule has 3 heterocycles. The Bertz CT molecular complexity index is 754. The van der Waals surface area contributed by atoms with Crippen LogP contribution in [0.15, 0.2) is 4.52 Å². The van der Waals surface area contributed by atoms with Crippen LogP contribution < -0.4 is 5.32 Å². The van der Waals surface area contributed by atoms with Crippen molar-refractivity contribution in [1.29, 1.82) is 0 Å². The maximum Gasteiger partial charge on any atom is 0.317 e. The minimum Gasteiger partial charge on any atom is -0.376 e. The van der Waals surface area contributed by atoms with Crippen molar-refractivity contribution >= 4 is 6.03 Å². The number of nitrogens with one attached hydrogen (secondary N) is 1. The molecule has 0 radical (unpaired) electrons. The molecule has 3 rings (SSSR count). The van der Waals surface area contributed by atoms with E-state index in [9.17, 15) is 4.79 Å². The molecule has 0 atom stereocenters. The van der Waals surface area contributed by atoms with Gasteiger partial charge in [0.15, 0.2) is 11.5 Å². The summed E-state index contributed by atoms with van der Waals surface area (Å²) in [4.78, 5) is 18.0. The number of hydrogen-bond donors (Lipinski definition) is 1. The quantitative estimate of drug-likeness (QED) is 0.804. The van der Waals surface area contributed by atoms with Gasteiger partial charge in [0.1, 0.15) is 0 Å².